The van der Waals surface area contributed by atoms with Crippen LogP contribution in [0.4, 0.5) is 10.1 Å². The van der Waals surface area contributed by atoms with Crippen molar-refractivity contribution in [2.24, 2.45) is 0 Å². The van der Waals surface area contributed by atoms with Crippen molar-refractivity contribution in [2.45, 2.75) is 0 Å². The molecule has 3 rings (SSSR count). The molecule has 0 radical (unpaired) electrons. The van der Waals surface area contributed by atoms with Gasteiger partial charge in [-0.25, -0.2) is 9.37 Å². The maximum Gasteiger partial charge on any atom is 0.275 e. The first-order valence-corrected chi connectivity index (χ1v) is 5.86. The van der Waals surface area contributed by atoms with E-state index in [2.05, 4.69) is 10.3 Å². The van der Waals surface area contributed by atoms with E-state index in [4.69, 9.17) is 0 Å². The molecular formula is C14H10FN3O2. The number of imidazole rings is 1. The van der Waals surface area contributed by atoms with Crippen LogP contribution in [0.1, 0.15) is 10.5 Å². The molecule has 3 aromatic rings. The number of halogens is 1. The van der Waals surface area contributed by atoms with Crippen LogP contribution in [0.25, 0.3) is 5.65 Å². The van der Waals surface area contributed by atoms with E-state index in [-0.39, 0.29) is 11.4 Å². The number of carbonyl (C=O) groups excluding carboxylic acids is 1. The lowest BCUT2D eigenvalue weighted by Crippen LogP contribution is -2.12. The first-order valence-electron chi connectivity index (χ1n) is 5.86. The molecule has 6 heteroatoms. The summed E-state index contributed by atoms with van der Waals surface area (Å²) in [6.07, 6.45) is 2.68. The van der Waals surface area contributed by atoms with Gasteiger partial charge in [-0.05, 0) is 24.3 Å². The molecule has 0 aliphatic heterocycles. The van der Waals surface area contributed by atoms with E-state index >= 15 is 0 Å². The van der Waals surface area contributed by atoms with Gasteiger partial charge in [0, 0.05) is 24.1 Å². The van der Waals surface area contributed by atoms with Crippen molar-refractivity contribution in [3.05, 3.63) is 60.3 Å². The normalized spacial score (nSPS) is 10.7. The van der Waals surface area contributed by atoms with Gasteiger partial charge in [-0.15, -0.1) is 0 Å². The number of phenolic OH excluding ortho intramolecular Hbond substituents is 1. The van der Waals surface area contributed by atoms with E-state index in [0.29, 0.717) is 11.3 Å². The molecule has 0 atom stereocenters. The van der Waals surface area contributed by atoms with Gasteiger partial charge in [0.2, 0.25) is 0 Å². The van der Waals surface area contributed by atoms with Crippen molar-refractivity contribution in [1.29, 1.82) is 0 Å². The third kappa shape index (κ3) is 2.31. The zero-order valence-electron chi connectivity index (χ0n) is 10.2. The van der Waals surface area contributed by atoms with Crippen LogP contribution >= 0.6 is 0 Å². The van der Waals surface area contributed by atoms with Gasteiger partial charge in [0.05, 0.1) is 0 Å². The van der Waals surface area contributed by atoms with Crippen molar-refractivity contribution < 1.29 is 14.3 Å². The minimum absolute atomic E-state index is 0.0554. The van der Waals surface area contributed by atoms with E-state index < -0.39 is 11.7 Å². The molecule has 0 spiro atoms. The minimum atomic E-state index is -0.431. The van der Waals surface area contributed by atoms with Crippen molar-refractivity contribution in [3.8, 4) is 5.75 Å². The van der Waals surface area contributed by atoms with Crippen LogP contribution in [-0.2, 0) is 0 Å². The Hall–Kier alpha value is -2.89. The standard InChI is InChI=1S/C14H10FN3O2/c15-9-4-5-13-17-12(8-18(13)7-9)14(20)16-10-2-1-3-11(19)6-10/h1-8,19H,(H,16,20). The van der Waals surface area contributed by atoms with E-state index in [0.717, 1.165) is 0 Å². The summed E-state index contributed by atoms with van der Waals surface area (Å²) < 4.78 is 14.5. The number of rotatable bonds is 2. The summed E-state index contributed by atoms with van der Waals surface area (Å²) in [5.74, 6) is -0.783. The minimum Gasteiger partial charge on any atom is -0.508 e. The quantitative estimate of drug-likeness (QED) is 0.752. The molecular weight excluding hydrogens is 261 g/mol. The van der Waals surface area contributed by atoms with E-state index in [9.17, 15) is 14.3 Å². The predicted octanol–water partition coefficient (Wildman–Crippen LogP) is 2.43. The Morgan fingerprint density at radius 3 is 2.90 bits per heavy atom. The second-order valence-electron chi connectivity index (χ2n) is 4.24. The first-order chi connectivity index (χ1) is 9.61. The molecule has 0 fully saturated rings. The maximum absolute atomic E-state index is 13.1. The van der Waals surface area contributed by atoms with Crippen LogP contribution in [0.2, 0.25) is 0 Å². The van der Waals surface area contributed by atoms with Gasteiger partial charge >= 0.3 is 0 Å². The molecule has 0 saturated heterocycles. The van der Waals surface area contributed by atoms with E-state index in [1.54, 1.807) is 12.1 Å². The molecule has 2 N–H and O–H groups in total. The highest BCUT2D eigenvalue weighted by Gasteiger charge is 2.11. The van der Waals surface area contributed by atoms with Crippen molar-refractivity contribution in [2.75, 3.05) is 5.32 Å². The second-order valence-corrected chi connectivity index (χ2v) is 4.24. The number of amides is 1. The number of nitrogens with one attached hydrogen (secondary N) is 1. The third-order valence-electron chi connectivity index (χ3n) is 2.75. The van der Waals surface area contributed by atoms with Gasteiger partial charge < -0.3 is 14.8 Å². The number of benzene rings is 1. The van der Waals surface area contributed by atoms with Gasteiger partial charge in [-0.3, -0.25) is 4.79 Å². The van der Waals surface area contributed by atoms with Crippen LogP contribution in [0.15, 0.2) is 48.8 Å². The number of anilines is 1. The lowest BCUT2D eigenvalue weighted by atomic mass is 10.3. The molecule has 0 aliphatic carbocycles. The van der Waals surface area contributed by atoms with Crippen molar-refractivity contribution in [1.82, 2.24) is 9.38 Å². The number of phenols is 1. The summed E-state index contributed by atoms with van der Waals surface area (Å²) in [6.45, 7) is 0. The molecule has 1 amide bonds. The SMILES string of the molecule is O=C(Nc1cccc(O)c1)c1cn2cc(F)ccc2n1. The number of pyridine rings is 1. The third-order valence-corrected chi connectivity index (χ3v) is 2.75. The Balaban J connectivity index is 1.88. The molecule has 100 valence electrons. The molecule has 0 unspecified atom stereocenters. The number of aromatic nitrogens is 2. The zero-order valence-corrected chi connectivity index (χ0v) is 10.2. The van der Waals surface area contributed by atoms with Gasteiger partial charge in [0.25, 0.3) is 5.91 Å². The Morgan fingerprint density at radius 1 is 1.25 bits per heavy atom. The Kier molecular flexibility index (Phi) is 2.83. The van der Waals surface area contributed by atoms with Gasteiger partial charge in [-0.1, -0.05) is 6.07 Å². The summed E-state index contributed by atoms with van der Waals surface area (Å²) in [5, 5.41) is 11.9. The zero-order chi connectivity index (χ0) is 14.1. The van der Waals surface area contributed by atoms with E-state index in [1.807, 2.05) is 0 Å². The van der Waals surface area contributed by atoms with Gasteiger partial charge in [0.1, 0.15) is 22.9 Å². The lowest BCUT2D eigenvalue weighted by Gasteiger charge is -2.02. The Labute approximate surface area is 113 Å². The first kappa shape index (κ1) is 12.2. The second kappa shape index (κ2) is 4.65. The number of hydrogen-bond donors (Lipinski definition) is 2. The summed E-state index contributed by atoms with van der Waals surface area (Å²) >= 11 is 0. The van der Waals surface area contributed by atoms with Gasteiger partial charge in [-0.2, -0.15) is 0 Å². The van der Waals surface area contributed by atoms with Crippen LogP contribution in [0.3, 0.4) is 0 Å². The van der Waals surface area contributed by atoms with Gasteiger partial charge in [0.15, 0.2) is 0 Å². The summed E-state index contributed by atoms with van der Waals surface area (Å²) in [7, 11) is 0. The molecule has 2 aromatic heterocycles. The highest BCUT2D eigenvalue weighted by molar-refractivity contribution is 6.03. The molecule has 0 saturated carbocycles. The van der Waals surface area contributed by atoms with E-state index in [1.165, 1.54) is 41.1 Å². The highest BCUT2D eigenvalue weighted by Crippen LogP contribution is 2.16. The number of nitrogens with zero attached hydrogens (tertiary/aromatic N) is 2. The topological polar surface area (TPSA) is 66.6 Å². The number of fused-ring (bicyclic) bond motifs is 1. The highest BCUT2D eigenvalue weighted by atomic mass is 19.1. The predicted molar refractivity (Wildman–Crippen MR) is 71.2 cm³/mol. The van der Waals surface area contributed by atoms with Crippen LogP contribution < -0.4 is 5.32 Å². The largest absolute Gasteiger partial charge is 0.508 e. The monoisotopic (exact) mass is 271 g/mol. The molecule has 5 nitrogen and oxygen atoms in total. The van der Waals surface area contributed by atoms with Crippen molar-refractivity contribution >= 4 is 17.2 Å². The molecule has 0 bridgehead atoms. The fourth-order valence-electron chi connectivity index (χ4n) is 1.85. The van der Waals surface area contributed by atoms with Crippen LogP contribution in [-0.4, -0.2) is 20.4 Å². The number of aromatic hydroxyl groups is 1. The number of carbonyl (C=O) groups is 1. The van der Waals surface area contributed by atoms with Crippen molar-refractivity contribution in [3.63, 3.8) is 0 Å². The number of hydrogen-bond acceptors (Lipinski definition) is 3. The summed E-state index contributed by atoms with van der Waals surface area (Å²) in [4.78, 5) is 16.1. The Bertz CT molecular complexity index is 798. The summed E-state index contributed by atoms with van der Waals surface area (Å²) in [5.41, 5.74) is 1.10. The summed E-state index contributed by atoms with van der Waals surface area (Å²) in [6, 6.07) is 8.95. The smallest absolute Gasteiger partial charge is 0.275 e. The maximum atomic E-state index is 13.1. The fourth-order valence-corrected chi connectivity index (χ4v) is 1.85. The van der Waals surface area contributed by atoms with Crippen LogP contribution in [0.5, 0.6) is 5.75 Å². The molecule has 1 aromatic carbocycles. The molecule has 20 heavy (non-hydrogen) atoms. The fraction of sp³-hybridized carbons (Fsp3) is 0. The molecule has 0 aliphatic rings. The average molecular weight is 271 g/mol. The molecule has 2 heterocycles. The lowest BCUT2D eigenvalue weighted by molar-refractivity contribution is 0.102. The van der Waals surface area contributed by atoms with Crippen LogP contribution in [0, 0.1) is 5.82 Å². The average Bonchev–Trinajstić information content (AvgIpc) is 2.81. The Morgan fingerprint density at radius 2 is 2.10 bits per heavy atom.